The molecular weight excluding hydrogens is 340 g/mol. The van der Waals surface area contributed by atoms with E-state index in [0.29, 0.717) is 5.92 Å². The lowest BCUT2D eigenvalue weighted by Crippen LogP contribution is -2.44. The van der Waals surface area contributed by atoms with E-state index >= 15 is 0 Å². The number of hydrogen-bond donors (Lipinski definition) is 2. The smallest absolute Gasteiger partial charge is 0.228 e. The normalized spacial score (nSPS) is 20.2. The SMILES string of the molecule is CCCc1nn(C)c2c(NC3=CCC(C)C=N3)nc(N3CCNCC3)nc12. The van der Waals surface area contributed by atoms with Crippen LogP contribution in [0.4, 0.5) is 11.8 Å². The monoisotopic (exact) mass is 368 g/mol. The number of aliphatic imine (C=N–C) groups is 1. The summed E-state index contributed by atoms with van der Waals surface area (Å²) in [6.07, 6.45) is 7.05. The van der Waals surface area contributed by atoms with Crippen molar-refractivity contribution in [2.45, 2.75) is 33.1 Å². The molecule has 8 nitrogen and oxygen atoms in total. The summed E-state index contributed by atoms with van der Waals surface area (Å²) >= 11 is 0. The number of anilines is 2. The van der Waals surface area contributed by atoms with Gasteiger partial charge in [0.15, 0.2) is 5.82 Å². The predicted octanol–water partition coefficient (Wildman–Crippen LogP) is 2.09. The molecule has 144 valence electrons. The molecule has 1 fully saturated rings. The lowest BCUT2D eigenvalue weighted by Gasteiger charge is -2.27. The minimum absolute atomic E-state index is 0.477. The summed E-state index contributed by atoms with van der Waals surface area (Å²) in [5.74, 6) is 2.87. The second kappa shape index (κ2) is 7.64. The number of aryl methyl sites for hydroxylation is 2. The van der Waals surface area contributed by atoms with Crippen LogP contribution in [0.2, 0.25) is 0 Å². The Morgan fingerprint density at radius 1 is 1.26 bits per heavy atom. The average Bonchev–Trinajstić information content (AvgIpc) is 3.00. The summed E-state index contributed by atoms with van der Waals surface area (Å²) in [6, 6.07) is 0. The molecular formula is C19H28N8. The molecule has 2 aliphatic rings. The van der Waals surface area contributed by atoms with Crippen LogP contribution in [0.5, 0.6) is 0 Å². The molecule has 0 bridgehead atoms. The molecule has 4 rings (SSSR count). The van der Waals surface area contributed by atoms with Crippen molar-refractivity contribution in [1.29, 1.82) is 0 Å². The maximum atomic E-state index is 4.91. The van der Waals surface area contributed by atoms with Crippen LogP contribution in [0, 0.1) is 5.92 Å². The summed E-state index contributed by atoms with van der Waals surface area (Å²) in [7, 11) is 1.96. The molecule has 2 N–H and O–H groups in total. The van der Waals surface area contributed by atoms with Crippen LogP contribution in [-0.2, 0) is 13.5 Å². The zero-order valence-corrected chi connectivity index (χ0v) is 16.4. The van der Waals surface area contributed by atoms with Crippen molar-refractivity contribution in [3.8, 4) is 0 Å². The molecule has 0 spiro atoms. The summed E-state index contributed by atoms with van der Waals surface area (Å²) in [6.45, 7) is 8.05. The van der Waals surface area contributed by atoms with Crippen LogP contribution in [0.3, 0.4) is 0 Å². The third-order valence-corrected chi connectivity index (χ3v) is 5.02. The topological polar surface area (TPSA) is 83.3 Å². The lowest BCUT2D eigenvalue weighted by atomic mass is 10.1. The number of fused-ring (bicyclic) bond motifs is 1. The highest BCUT2D eigenvalue weighted by Crippen LogP contribution is 2.28. The first-order chi connectivity index (χ1) is 13.2. The first-order valence-corrected chi connectivity index (χ1v) is 9.86. The third-order valence-electron chi connectivity index (χ3n) is 5.02. The molecule has 0 aliphatic carbocycles. The Bertz CT molecular complexity index is 875. The van der Waals surface area contributed by atoms with Crippen molar-refractivity contribution in [3.05, 3.63) is 17.6 Å². The van der Waals surface area contributed by atoms with Crippen molar-refractivity contribution in [2.24, 2.45) is 18.0 Å². The van der Waals surface area contributed by atoms with Gasteiger partial charge in [-0.25, -0.2) is 9.98 Å². The van der Waals surface area contributed by atoms with E-state index in [-0.39, 0.29) is 0 Å². The second-order valence-corrected chi connectivity index (χ2v) is 7.33. The number of aromatic nitrogens is 4. The first kappa shape index (κ1) is 17.9. The predicted molar refractivity (Wildman–Crippen MR) is 109 cm³/mol. The van der Waals surface area contributed by atoms with E-state index in [1.54, 1.807) is 0 Å². The van der Waals surface area contributed by atoms with Crippen molar-refractivity contribution in [3.63, 3.8) is 0 Å². The fourth-order valence-electron chi connectivity index (χ4n) is 3.55. The highest BCUT2D eigenvalue weighted by molar-refractivity contribution is 5.89. The minimum Gasteiger partial charge on any atom is -0.338 e. The van der Waals surface area contributed by atoms with Gasteiger partial charge in [-0.05, 0) is 24.8 Å². The van der Waals surface area contributed by atoms with Crippen LogP contribution in [-0.4, -0.2) is 52.1 Å². The molecule has 0 saturated carbocycles. The van der Waals surface area contributed by atoms with Gasteiger partial charge < -0.3 is 15.5 Å². The number of nitrogens with zero attached hydrogens (tertiary/aromatic N) is 6. The first-order valence-electron chi connectivity index (χ1n) is 9.86. The maximum absolute atomic E-state index is 4.91. The molecule has 4 heterocycles. The fourth-order valence-corrected chi connectivity index (χ4v) is 3.55. The highest BCUT2D eigenvalue weighted by atomic mass is 15.3. The van der Waals surface area contributed by atoms with Crippen LogP contribution in [0.1, 0.15) is 32.4 Å². The molecule has 2 aromatic rings. The number of nitrogens with one attached hydrogen (secondary N) is 2. The molecule has 1 saturated heterocycles. The molecule has 27 heavy (non-hydrogen) atoms. The minimum atomic E-state index is 0.477. The third kappa shape index (κ3) is 3.66. The number of hydrogen-bond acceptors (Lipinski definition) is 7. The Hall–Kier alpha value is -2.48. The molecule has 8 heteroatoms. The Balaban J connectivity index is 1.78. The number of rotatable bonds is 5. The van der Waals surface area contributed by atoms with Gasteiger partial charge in [-0.3, -0.25) is 4.68 Å². The molecule has 1 unspecified atom stereocenters. The standard InChI is InChI=1S/C19H28N8/c1-4-5-14-16-17(26(3)25-14)18(22-15-7-6-13(2)12-21-15)24-19(23-16)27-10-8-20-9-11-27/h7,12-13,20H,4-6,8-11H2,1-3H3,(H,22,23,24). The van der Waals surface area contributed by atoms with Crippen molar-refractivity contribution in [1.82, 2.24) is 25.1 Å². The van der Waals surface area contributed by atoms with Crippen LogP contribution in [0.15, 0.2) is 16.9 Å². The van der Waals surface area contributed by atoms with Gasteiger partial charge in [0, 0.05) is 39.4 Å². The van der Waals surface area contributed by atoms with E-state index in [9.17, 15) is 0 Å². The summed E-state index contributed by atoms with van der Waals surface area (Å²) in [5.41, 5.74) is 2.91. The van der Waals surface area contributed by atoms with E-state index < -0.39 is 0 Å². The van der Waals surface area contributed by atoms with E-state index in [1.165, 1.54) is 0 Å². The molecule has 2 aliphatic heterocycles. The summed E-state index contributed by atoms with van der Waals surface area (Å²) in [4.78, 5) is 16.6. The van der Waals surface area contributed by atoms with Gasteiger partial charge in [0.25, 0.3) is 0 Å². The quantitative estimate of drug-likeness (QED) is 0.841. The van der Waals surface area contributed by atoms with Gasteiger partial charge in [0.1, 0.15) is 16.9 Å². The molecule has 0 amide bonds. The van der Waals surface area contributed by atoms with E-state index in [0.717, 1.165) is 79.8 Å². The number of piperazine rings is 1. The van der Waals surface area contributed by atoms with Crippen LogP contribution < -0.4 is 15.5 Å². The Kier molecular flexibility index (Phi) is 5.07. The summed E-state index contributed by atoms with van der Waals surface area (Å²) < 4.78 is 1.89. The number of allylic oxidation sites excluding steroid dienone is 1. The van der Waals surface area contributed by atoms with Gasteiger partial charge in [0.05, 0.1) is 5.69 Å². The van der Waals surface area contributed by atoms with Gasteiger partial charge in [-0.15, -0.1) is 0 Å². The van der Waals surface area contributed by atoms with Gasteiger partial charge in [-0.2, -0.15) is 10.1 Å². The molecule has 2 aromatic heterocycles. The zero-order chi connectivity index (χ0) is 18.8. The highest BCUT2D eigenvalue weighted by Gasteiger charge is 2.21. The zero-order valence-electron chi connectivity index (χ0n) is 16.4. The molecule has 0 radical (unpaired) electrons. The maximum Gasteiger partial charge on any atom is 0.228 e. The van der Waals surface area contributed by atoms with Gasteiger partial charge in [-0.1, -0.05) is 20.3 Å². The van der Waals surface area contributed by atoms with Crippen molar-refractivity contribution >= 4 is 29.0 Å². The van der Waals surface area contributed by atoms with Crippen LogP contribution >= 0.6 is 0 Å². The van der Waals surface area contributed by atoms with E-state index in [2.05, 4.69) is 40.4 Å². The van der Waals surface area contributed by atoms with Crippen molar-refractivity contribution in [2.75, 3.05) is 36.4 Å². The second-order valence-electron chi connectivity index (χ2n) is 7.33. The van der Waals surface area contributed by atoms with E-state index in [1.807, 2.05) is 17.9 Å². The Morgan fingerprint density at radius 2 is 2.07 bits per heavy atom. The molecule has 0 aromatic carbocycles. The van der Waals surface area contributed by atoms with Gasteiger partial charge in [0.2, 0.25) is 5.95 Å². The summed E-state index contributed by atoms with van der Waals surface area (Å²) in [5, 5.41) is 11.5. The Morgan fingerprint density at radius 3 is 2.78 bits per heavy atom. The largest absolute Gasteiger partial charge is 0.338 e. The lowest BCUT2D eigenvalue weighted by molar-refractivity contribution is 0.580. The fraction of sp³-hybridized carbons (Fsp3) is 0.579. The Labute approximate surface area is 159 Å². The molecule has 1 atom stereocenters. The van der Waals surface area contributed by atoms with Gasteiger partial charge >= 0.3 is 0 Å². The van der Waals surface area contributed by atoms with Crippen molar-refractivity contribution < 1.29 is 0 Å². The average molecular weight is 368 g/mol. The van der Waals surface area contributed by atoms with Crippen LogP contribution in [0.25, 0.3) is 11.0 Å². The van der Waals surface area contributed by atoms with E-state index in [4.69, 9.17) is 15.1 Å².